The molecule has 0 atom stereocenters. The van der Waals surface area contributed by atoms with E-state index in [1.807, 2.05) is 38.1 Å². The number of benzene rings is 2. The van der Waals surface area contributed by atoms with Crippen molar-refractivity contribution in [2.75, 3.05) is 38.7 Å². The molecule has 2 aliphatic heterocycles. The standard InChI is InChI=1S/C28H34N4O5/c1-19(2)16-31-18-21(15-25-24(28(31)34)5-4-6-26(25)32(35)36)27(33)29-22-9-7-20(8-10-22)17-30(3)23-11-13-37-14-12-23/h4-10,15,19,23H,11-14,16-18H2,1-3H3,(H,29,33). The highest BCUT2D eigenvalue weighted by Gasteiger charge is 2.30. The minimum Gasteiger partial charge on any atom is -0.381 e. The van der Waals surface area contributed by atoms with Gasteiger partial charge in [0.05, 0.1) is 22.6 Å². The molecule has 1 N–H and O–H groups in total. The van der Waals surface area contributed by atoms with E-state index in [2.05, 4.69) is 17.3 Å². The quantitative estimate of drug-likeness (QED) is 0.422. The van der Waals surface area contributed by atoms with Gasteiger partial charge in [0.15, 0.2) is 0 Å². The van der Waals surface area contributed by atoms with Crippen LogP contribution in [0, 0.1) is 16.0 Å². The number of carbonyl (C=O) groups is 2. The topological polar surface area (TPSA) is 105 Å². The molecule has 0 saturated carbocycles. The summed E-state index contributed by atoms with van der Waals surface area (Å²) in [5.41, 5.74) is 2.26. The van der Waals surface area contributed by atoms with Crippen LogP contribution in [0.25, 0.3) is 6.08 Å². The van der Waals surface area contributed by atoms with E-state index in [0.29, 0.717) is 23.8 Å². The molecule has 2 aromatic rings. The maximum Gasteiger partial charge on any atom is 0.277 e. The number of rotatable bonds is 8. The average molecular weight is 507 g/mol. The highest BCUT2D eigenvalue weighted by atomic mass is 16.6. The van der Waals surface area contributed by atoms with Crippen LogP contribution in [-0.4, -0.2) is 65.9 Å². The van der Waals surface area contributed by atoms with Crippen LogP contribution in [0.1, 0.15) is 48.2 Å². The second kappa shape index (κ2) is 11.7. The zero-order valence-corrected chi connectivity index (χ0v) is 21.6. The van der Waals surface area contributed by atoms with Crippen LogP contribution >= 0.6 is 0 Å². The van der Waals surface area contributed by atoms with Crippen molar-refractivity contribution in [3.05, 3.63) is 74.8 Å². The second-order valence-corrected chi connectivity index (χ2v) is 10.2. The number of carbonyl (C=O) groups excluding carboxylic acids is 2. The van der Waals surface area contributed by atoms with Gasteiger partial charge >= 0.3 is 0 Å². The molecule has 196 valence electrons. The third kappa shape index (κ3) is 6.42. The lowest BCUT2D eigenvalue weighted by Crippen LogP contribution is -2.36. The van der Waals surface area contributed by atoms with Gasteiger partial charge < -0.3 is 15.0 Å². The Morgan fingerprint density at radius 2 is 1.89 bits per heavy atom. The maximum absolute atomic E-state index is 13.3. The Morgan fingerprint density at radius 3 is 2.54 bits per heavy atom. The minimum atomic E-state index is -0.521. The molecular formula is C28H34N4O5. The third-order valence-electron chi connectivity index (χ3n) is 6.81. The molecule has 1 saturated heterocycles. The number of nitrogens with zero attached hydrogens (tertiary/aromatic N) is 3. The fourth-order valence-corrected chi connectivity index (χ4v) is 4.89. The smallest absolute Gasteiger partial charge is 0.277 e. The summed E-state index contributed by atoms with van der Waals surface area (Å²) >= 11 is 0. The van der Waals surface area contributed by atoms with Crippen molar-refractivity contribution in [2.45, 2.75) is 39.3 Å². The number of nitro benzene ring substituents is 1. The van der Waals surface area contributed by atoms with Gasteiger partial charge in [-0.05, 0) is 55.6 Å². The first-order valence-corrected chi connectivity index (χ1v) is 12.7. The summed E-state index contributed by atoms with van der Waals surface area (Å²) in [6, 6.07) is 12.6. The van der Waals surface area contributed by atoms with E-state index in [1.165, 1.54) is 18.2 Å². The van der Waals surface area contributed by atoms with Gasteiger partial charge in [-0.3, -0.25) is 24.6 Å². The molecule has 2 aromatic carbocycles. The fourth-order valence-electron chi connectivity index (χ4n) is 4.89. The van der Waals surface area contributed by atoms with E-state index in [1.54, 1.807) is 11.0 Å². The van der Waals surface area contributed by atoms with Crippen molar-refractivity contribution in [1.29, 1.82) is 0 Å². The van der Waals surface area contributed by atoms with E-state index in [-0.39, 0.29) is 41.1 Å². The predicted molar refractivity (Wildman–Crippen MR) is 142 cm³/mol. The van der Waals surface area contributed by atoms with Crippen LogP contribution in [0.4, 0.5) is 11.4 Å². The van der Waals surface area contributed by atoms with Crippen LogP contribution in [0.2, 0.25) is 0 Å². The first-order valence-electron chi connectivity index (χ1n) is 12.7. The van der Waals surface area contributed by atoms with Gasteiger partial charge in [0.2, 0.25) is 0 Å². The van der Waals surface area contributed by atoms with Crippen molar-refractivity contribution in [2.24, 2.45) is 5.92 Å². The van der Waals surface area contributed by atoms with Crippen LogP contribution < -0.4 is 5.32 Å². The number of amides is 2. The van der Waals surface area contributed by atoms with Crippen molar-refractivity contribution in [3.8, 4) is 0 Å². The average Bonchev–Trinajstić information content (AvgIpc) is 3.02. The van der Waals surface area contributed by atoms with Gasteiger partial charge in [-0.25, -0.2) is 0 Å². The Kier molecular flexibility index (Phi) is 8.35. The fraction of sp³-hybridized carbons (Fsp3) is 0.429. The second-order valence-electron chi connectivity index (χ2n) is 10.2. The molecule has 1 fully saturated rings. The Bertz CT molecular complexity index is 1190. The minimum absolute atomic E-state index is 0.0721. The molecule has 2 aliphatic rings. The number of hydrogen-bond donors (Lipinski definition) is 1. The summed E-state index contributed by atoms with van der Waals surface area (Å²) in [6.45, 7) is 6.86. The monoisotopic (exact) mass is 506 g/mol. The van der Waals surface area contributed by atoms with Crippen molar-refractivity contribution >= 4 is 29.3 Å². The Hall–Kier alpha value is -3.56. The molecule has 9 nitrogen and oxygen atoms in total. The summed E-state index contributed by atoms with van der Waals surface area (Å²) in [6.07, 6.45) is 3.53. The molecule has 37 heavy (non-hydrogen) atoms. The molecule has 0 aliphatic carbocycles. The number of ether oxygens (including phenoxy) is 1. The van der Waals surface area contributed by atoms with Crippen molar-refractivity contribution < 1.29 is 19.2 Å². The highest BCUT2D eigenvalue weighted by molar-refractivity contribution is 6.11. The largest absolute Gasteiger partial charge is 0.381 e. The Labute approximate surface area is 217 Å². The van der Waals surface area contributed by atoms with Crippen LogP contribution in [0.5, 0.6) is 0 Å². The predicted octanol–water partition coefficient (Wildman–Crippen LogP) is 4.34. The Morgan fingerprint density at radius 1 is 1.19 bits per heavy atom. The third-order valence-corrected chi connectivity index (χ3v) is 6.81. The van der Waals surface area contributed by atoms with Gasteiger partial charge in [0.1, 0.15) is 0 Å². The summed E-state index contributed by atoms with van der Waals surface area (Å²) in [5.74, 6) is -0.538. The number of fused-ring (bicyclic) bond motifs is 1. The van der Waals surface area contributed by atoms with Crippen LogP contribution in [0.15, 0.2) is 48.0 Å². The summed E-state index contributed by atoms with van der Waals surface area (Å²) in [7, 11) is 2.12. The Balaban J connectivity index is 1.53. The van der Waals surface area contributed by atoms with Gasteiger partial charge in [-0.15, -0.1) is 0 Å². The number of hydrogen-bond acceptors (Lipinski definition) is 6. The first kappa shape index (κ1) is 26.5. The van der Waals surface area contributed by atoms with Crippen LogP contribution in [0.3, 0.4) is 0 Å². The molecular weight excluding hydrogens is 472 g/mol. The van der Waals surface area contributed by atoms with Gasteiger partial charge in [0.25, 0.3) is 17.5 Å². The van der Waals surface area contributed by atoms with E-state index < -0.39 is 4.92 Å². The zero-order chi connectivity index (χ0) is 26.5. The highest BCUT2D eigenvalue weighted by Crippen LogP contribution is 2.30. The SMILES string of the molecule is CC(C)CN1CC(C(=O)Nc2ccc(CN(C)C3CCOCC3)cc2)=Cc2c(cccc2[N+](=O)[O-])C1=O. The van der Waals surface area contributed by atoms with Crippen LogP contribution in [-0.2, 0) is 16.1 Å². The molecule has 0 unspecified atom stereocenters. The van der Waals surface area contributed by atoms with E-state index >= 15 is 0 Å². The van der Waals surface area contributed by atoms with Crippen molar-refractivity contribution in [3.63, 3.8) is 0 Å². The normalized spacial score (nSPS) is 16.4. The number of nitrogens with one attached hydrogen (secondary N) is 1. The number of anilines is 1. The lowest BCUT2D eigenvalue weighted by molar-refractivity contribution is -0.385. The van der Waals surface area contributed by atoms with Crippen molar-refractivity contribution in [1.82, 2.24) is 9.80 Å². The van der Waals surface area contributed by atoms with E-state index in [4.69, 9.17) is 4.74 Å². The molecule has 2 heterocycles. The lowest BCUT2D eigenvalue weighted by atomic mass is 10.0. The summed E-state index contributed by atoms with van der Waals surface area (Å²) < 4.78 is 5.45. The van der Waals surface area contributed by atoms with E-state index in [0.717, 1.165) is 38.2 Å². The first-order chi connectivity index (χ1) is 17.7. The molecule has 0 aromatic heterocycles. The maximum atomic E-state index is 13.3. The lowest BCUT2D eigenvalue weighted by Gasteiger charge is -2.31. The number of nitro groups is 1. The molecule has 0 spiro atoms. The molecule has 0 bridgehead atoms. The van der Waals surface area contributed by atoms with Gasteiger partial charge in [-0.1, -0.05) is 32.0 Å². The molecule has 9 heteroatoms. The molecule has 2 amide bonds. The zero-order valence-electron chi connectivity index (χ0n) is 21.6. The van der Waals surface area contributed by atoms with Gasteiger partial charge in [0, 0.05) is 49.7 Å². The van der Waals surface area contributed by atoms with Gasteiger partial charge in [-0.2, -0.15) is 0 Å². The summed E-state index contributed by atoms with van der Waals surface area (Å²) in [4.78, 5) is 41.6. The molecule has 0 radical (unpaired) electrons. The summed E-state index contributed by atoms with van der Waals surface area (Å²) in [5, 5.41) is 14.6. The molecule has 4 rings (SSSR count). The van der Waals surface area contributed by atoms with E-state index in [9.17, 15) is 19.7 Å².